The van der Waals surface area contributed by atoms with Gasteiger partial charge in [0.25, 0.3) is 5.91 Å². The van der Waals surface area contributed by atoms with Crippen LogP contribution >= 0.6 is 0 Å². The fourth-order valence-electron chi connectivity index (χ4n) is 0.909. The minimum absolute atomic E-state index is 0.261. The molecule has 1 aromatic rings. The van der Waals surface area contributed by atoms with Crippen LogP contribution < -0.4 is 0 Å². The molecule has 0 saturated heterocycles. The smallest absolute Gasteiger partial charge is 0.358 e. The largest absolute Gasteiger partial charge is 0.364 e. The van der Waals surface area contributed by atoms with E-state index in [1.807, 2.05) is 0 Å². The fraction of sp³-hybridized carbons (Fsp3) is 0.250. The summed E-state index contributed by atoms with van der Waals surface area (Å²) in [6.07, 6.45) is 1.24. The highest BCUT2D eigenvalue weighted by atomic mass is 16.6. The molecule has 0 bridgehead atoms. The minimum atomic E-state index is -0.633. The zero-order valence-electron chi connectivity index (χ0n) is 7.80. The molecule has 74 valence electrons. The van der Waals surface area contributed by atoms with E-state index in [0.717, 1.165) is 6.07 Å². The minimum Gasteiger partial charge on any atom is -0.358 e. The zero-order valence-corrected chi connectivity index (χ0v) is 7.80. The van der Waals surface area contributed by atoms with Crippen LogP contribution in [0.4, 0.5) is 5.82 Å². The van der Waals surface area contributed by atoms with E-state index in [1.165, 1.54) is 17.2 Å². The van der Waals surface area contributed by atoms with Gasteiger partial charge in [-0.1, -0.05) is 0 Å². The monoisotopic (exact) mass is 195 g/mol. The van der Waals surface area contributed by atoms with E-state index in [4.69, 9.17) is 0 Å². The molecule has 0 aromatic carbocycles. The Balaban J connectivity index is 3.06. The summed E-state index contributed by atoms with van der Waals surface area (Å²) in [7, 11) is 3.16. The highest BCUT2D eigenvalue weighted by Gasteiger charge is 2.13. The van der Waals surface area contributed by atoms with Gasteiger partial charge in [-0.15, -0.1) is 0 Å². The quantitative estimate of drug-likeness (QED) is 0.514. The normalized spacial score (nSPS) is 9.57. The molecule has 0 unspecified atom stereocenters. The lowest BCUT2D eigenvalue weighted by Gasteiger charge is -2.08. The third-order valence-corrected chi connectivity index (χ3v) is 1.59. The Bertz CT molecular complexity index is 376. The Hall–Kier alpha value is -1.98. The Morgan fingerprint density at radius 2 is 2.21 bits per heavy atom. The number of hydrogen-bond acceptors (Lipinski definition) is 4. The first-order chi connectivity index (χ1) is 6.52. The van der Waals surface area contributed by atoms with Gasteiger partial charge < -0.3 is 15.0 Å². The van der Waals surface area contributed by atoms with Crippen molar-refractivity contribution in [2.24, 2.45) is 0 Å². The molecule has 0 aliphatic heterocycles. The Morgan fingerprint density at radius 3 is 2.71 bits per heavy atom. The first-order valence-corrected chi connectivity index (χ1v) is 3.84. The molecule has 14 heavy (non-hydrogen) atoms. The number of nitrogens with zero attached hydrogens (tertiary/aromatic N) is 3. The summed E-state index contributed by atoms with van der Waals surface area (Å²) in [5, 5.41) is 10.4. The summed E-state index contributed by atoms with van der Waals surface area (Å²) in [5.74, 6) is -0.604. The first kappa shape index (κ1) is 10.1. The van der Waals surface area contributed by atoms with Gasteiger partial charge in [0, 0.05) is 20.2 Å². The van der Waals surface area contributed by atoms with Gasteiger partial charge in [0.05, 0.1) is 5.56 Å². The molecule has 1 rings (SSSR count). The number of aromatic nitrogens is 1. The first-order valence-electron chi connectivity index (χ1n) is 3.84. The molecule has 1 heterocycles. The van der Waals surface area contributed by atoms with Crippen LogP contribution in [0.3, 0.4) is 0 Å². The van der Waals surface area contributed by atoms with Gasteiger partial charge in [-0.2, -0.15) is 0 Å². The van der Waals surface area contributed by atoms with Gasteiger partial charge in [-0.05, 0) is 16.0 Å². The molecule has 0 aliphatic carbocycles. The maximum atomic E-state index is 11.4. The van der Waals surface area contributed by atoms with Crippen LogP contribution in [-0.4, -0.2) is 34.8 Å². The number of carbonyl (C=O) groups excluding carboxylic acids is 1. The van der Waals surface area contributed by atoms with Crippen molar-refractivity contribution in [3.63, 3.8) is 0 Å². The fourth-order valence-corrected chi connectivity index (χ4v) is 0.909. The van der Waals surface area contributed by atoms with Crippen LogP contribution in [0.5, 0.6) is 0 Å². The summed E-state index contributed by atoms with van der Waals surface area (Å²) in [6.45, 7) is 0. The van der Waals surface area contributed by atoms with Crippen molar-refractivity contribution in [3.8, 4) is 0 Å². The molecule has 1 aromatic heterocycles. The lowest BCUT2D eigenvalue weighted by Crippen LogP contribution is -2.21. The lowest BCUT2D eigenvalue weighted by atomic mass is 10.2. The number of amides is 1. The van der Waals surface area contributed by atoms with Crippen molar-refractivity contribution in [1.82, 2.24) is 9.88 Å². The average molecular weight is 195 g/mol. The van der Waals surface area contributed by atoms with Crippen LogP contribution in [-0.2, 0) is 0 Å². The van der Waals surface area contributed by atoms with Crippen molar-refractivity contribution in [2.45, 2.75) is 0 Å². The van der Waals surface area contributed by atoms with Gasteiger partial charge in [0.1, 0.15) is 6.20 Å². The van der Waals surface area contributed by atoms with E-state index in [2.05, 4.69) is 4.98 Å². The highest BCUT2D eigenvalue weighted by molar-refractivity contribution is 5.94. The number of carbonyl (C=O) groups is 1. The second-order valence-electron chi connectivity index (χ2n) is 2.86. The highest BCUT2D eigenvalue weighted by Crippen LogP contribution is 2.10. The van der Waals surface area contributed by atoms with E-state index in [0.29, 0.717) is 0 Å². The second kappa shape index (κ2) is 3.82. The van der Waals surface area contributed by atoms with Crippen LogP contribution in [0.1, 0.15) is 10.4 Å². The van der Waals surface area contributed by atoms with Gasteiger partial charge in [0.2, 0.25) is 0 Å². The maximum Gasteiger partial charge on any atom is 0.364 e. The summed E-state index contributed by atoms with van der Waals surface area (Å²) in [6, 6.07) is 2.59. The molecule has 1 amide bonds. The standard InChI is InChI=1S/C8H9N3O3/c1-10(2)8(12)6-3-4-9-7(5-6)11(13)14/h3-5H,1-2H3. The summed E-state index contributed by atoms with van der Waals surface area (Å²) >= 11 is 0. The second-order valence-corrected chi connectivity index (χ2v) is 2.86. The van der Waals surface area contributed by atoms with Gasteiger partial charge >= 0.3 is 5.82 Å². The molecular weight excluding hydrogens is 186 g/mol. The van der Waals surface area contributed by atoms with E-state index >= 15 is 0 Å². The summed E-state index contributed by atoms with van der Waals surface area (Å²) in [4.78, 5) is 26.0. The number of hydrogen-bond donors (Lipinski definition) is 0. The van der Waals surface area contributed by atoms with E-state index in [9.17, 15) is 14.9 Å². The summed E-state index contributed by atoms with van der Waals surface area (Å²) in [5.41, 5.74) is 0.261. The molecule has 0 N–H and O–H groups in total. The Morgan fingerprint density at radius 1 is 1.57 bits per heavy atom. The Kier molecular flexibility index (Phi) is 2.76. The predicted octanol–water partition coefficient (Wildman–Crippen LogP) is 0.692. The third kappa shape index (κ3) is 2.03. The van der Waals surface area contributed by atoms with E-state index in [-0.39, 0.29) is 17.3 Å². The zero-order chi connectivity index (χ0) is 10.7. The number of pyridine rings is 1. The van der Waals surface area contributed by atoms with Crippen molar-refractivity contribution >= 4 is 11.7 Å². The molecule has 0 radical (unpaired) electrons. The molecule has 0 aliphatic rings. The van der Waals surface area contributed by atoms with Crippen molar-refractivity contribution in [2.75, 3.05) is 14.1 Å². The Labute approximate surface area is 80.3 Å². The summed E-state index contributed by atoms with van der Waals surface area (Å²) < 4.78 is 0. The van der Waals surface area contributed by atoms with Crippen LogP contribution in [0.25, 0.3) is 0 Å². The van der Waals surface area contributed by atoms with Crippen LogP contribution in [0, 0.1) is 10.1 Å². The molecule has 0 atom stereocenters. The van der Waals surface area contributed by atoms with Crippen molar-refractivity contribution in [1.29, 1.82) is 0 Å². The topological polar surface area (TPSA) is 76.3 Å². The lowest BCUT2D eigenvalue weighted by molar-refractivity contribution is -0.389. The predicted molar refractivity (Wildman–Crippen MR) is 48.9 cm³/mol. The molecule has 0 fully saturated rings. The SMILES string of the molecule is CN(C)C(=O)c1ccnc([N+](=O)[O-])c1. The number of nitro groups is 1. The molecule has 0 saturated carbocycles. The van der Waals surface area contributed by atoms with Gasteiger partial charge in [-0.25, -0.2) is 0 Å². The average Bonchev–Trinajstić information content (AvgIpc) is 2.16. The molecule has 6 heteroatoms. The number of rotatable bonds is 2. The molecule has 0 spiro atoms. The maximum absolute atomic E-state index is 11.4. The van der Waals surface area contributed by atoms with E-state index in [1.54, 1.807) is 14.1 Å². The molecule has 6 nitrogen and oxygen atoms in total. The van der Waals surface area contributed by atoms with Crippen molar-refractivity contribution < 1.29 is 9.72 Å². The van der Waals surface area contributed by atoms with Crippen molar-refractivity contribution in [3.05, 3.63) is 34.0 Å². The third-order valence-electron chi connectivity index (χ3n) is 1.59. The molecular formula is C8H9N3O3. The van der Waals surface area contributed by atoms with E-state index < -0.39 is 4.92 Å². The van der Waals surface area contributed by atoms with Crippen LogP contribution in [0.2, 0.25) is 0 Å². The van der Waals surface area contributed by atoms with Gasteiger partial charge in [0.15, 0.2) is 0 Å². The van der Waals surface area contributed by atoms with Crippen LogP contribution in [0.15, 0.2) is 18.3 Å². The van der Waals surface area contributed by atoms with Gasteiger partial charge in [-0.3, -0.25) is 4.79 Å².